The van der Waals surface area contributed by atoms with E-state index in [2.05, 4.69) is 35.9 Å². The summed E-state index contributed by atoms with van der Waals surface area (Å²) in [6.45, 7) is 5.31. The van der Waals surface area contributed by atoms with Crippen molar-refractivity contribution in [2.75, 3.05) is 30.3 Å². The predicted molar refractivity (Wildman–Crippen MR) is 73.0 cm³/mol. The Kier molecular flexibility index (Phi) is 4.11. The predicted octanol–water partition coefficient (Wildman–Crippen LogP) is 0.333. The molecular formula is C11H17N7O. The van der Waals surface area contributed by atoms with E-state index in [0.29, 0.717) is 30.5 Å². The molecule has 2 aromatic rings. The van der Waals surface area contributed by atoms with E-state index in [1.54, 1.807) is 6.33 Å². The molecule has 0 aliphatic carbocycles. The molecule has 0 bridgehead atoms. The van der Waals surface area contributed by atoms with E-state index in [-0.39, 0.29) is 5.91 Å². The number of carbonyl (C=O) groups is 1. The minimum Gasteiger partial charge on any atom is -0.366 e. The van der Waals surface area contributed by atoms with Crippen LogP contribution in [0.2, 0.25) is 0 Å². The van der Waals surface area contributed by atoms with Gasteiger partial charge in [0.2, 0.25) is 11.9 Å². The van der Waals surface area contributed by atoms with Gasteiger partial charge in [-0.25, -0.2) is 4.98 Å². The Bertz CT molecular complexity index is 565. The average molecular weight is 263 g/mol. The second-order valence-electron chi connectivity index (χ2n) is 3.94. The maximum Gasteiger partial charge on any atom is 0.226 e. The van der Waals surface area contributed by atoms with Crippen molar-refractivity contribution in [1.82, 2.24) is 25.3 Å². The van der Waals surface area contributed by atoms with E-state index in [4.69, 9.17) is 0 Å². The van der Waals surface area contributed by atoms with E-state index < -0.39 is 0 Å². The number of carbonyl (C=O) groups excluding carboxylic acids is 1. The molecule has 0 atom stereocenters. The molecule has 8 nitrogen and oxygen atoms in total. The van der Waals surface area contributed by atoms with Crippen LogP contribution >= 0.6 is 0 Å². The minimum atomic E-state index is -0.0514. The third-order valence-electron chi connectivity index (χ3n) is 2.41. The van der Waals surface area contributed by atoms with Gasteiger partial charge in [-0.1, -0.05) is 0 Å². The molecule has 0 aliphatic heterocycles. The highest BCUT2D eigenvalue weighted by molar-refractivity contribution is 5.83. The zero-order valence-electron chi connectivity index (χ0n) is 10.9. The molecule has 0 aliphatic rings. The van der Waals surface area contributed by atoms with E-state index in [0.717, 1.165) is 12.1 Å². The Morgan fingerprint density at radius 1 is 1.32 bits per heavy atom. The smallest absolute Gasteiger partial charge is 0.226 e. The third-order valence-corrected chi connectivity index (χ3v) is 2.41. The van der Waals surface area contributed by atoms with Crippen molar-refractivity contribution in [2.45, 2.75) is 13.8 Å². The van der Waals surface area contributed by atoms with Gasteiger partial charge in [-0.3, -0.25) is 4.79 Å². The van der Waals surface area contributed by atoms with Crippen molar-refractivity contribution in [3.05, 3.63) is 6.33 Å². The first kappa shape index (κ1) is 13.1. The molecule has 0 unspecified atom stereocenters. The van der Waals surface area contributed by atoms with Crippen LogP contribution in [-0.2, 0) is 4.79 Å². The third kappa shape index (κ3) is 3.30. The van der Waals surface area contributed by atoms with Gasteiger partial charge in [-0.2, -0.15) is 9.97 Å². The number of amides is 1. The Balaban J connectivity index is 2.11. The number of hydrogen-bond acceptors (Lipinski definition) is 6. The average Bonchev–Trinajstić information content (AvgIpc) is 2.83. The lowest BCUT2D eigenvalue weighted by atomic mass is 10.4. The van der Waals surface area contributed by atoms with Gasteiger partial charge in [-0.05, 0) is 6.92 Å². The van der Waals surface area contributed by atoms with Gasteiger partial charge in [0.25, 0.3) is 0 Å². The van der Waals surface area contributed by atoms with Crippen LogP contribution in [-0.4, -0.2) is 45.5 Å². The Labute approximate surface area is 110 Å². The fourth-order valence-electron chi connectivity index (χ4n) is 1.62. The van der Waals surface area contributed by atoms with Crippen LogP contribution in [0.4, 0.5) is 11.8 Å². The van der Waals surface area contributed by atoms with Crippen molar-refractivity contribution < 1.29 is 4.79 Å². The molecule has 0 fully saturated rings. The van der Waals surface area contributed by atoms with Crippen molar-refractivity contribution >= 4 is 28.8 Å². The summed E-state index contributed by atoms with van der Waals surface area (Å²) >= 11 is 0. The minimum absolute atomic E-state index is 0.0514. The van der Waals surface area contributed by atoms with Crippen LogP contribution in [0.1, 0.15) is 13.8 Å². The number of aromatic nitrogens is 4. The van der Waals surface area contributed by atoms with Gasteiger partial charge in [0, 0.05) is 26.6 Å². The number of fused-ring (bicyclic) bond motifs is 1. The molecule has 0 saturated heterocycles. The number of hydrogen-bond donors (Lipinski definition) is 4. The normalized spacial score (nSPS) is 10.4. The summed E-state index contributed by atoms with van der Waals surface area (Å²) in [5.41, 5.74) is 1.36. The molecule has 19 heavy (non-hydrogen) atoms. The zero-order chi connectivity index (χ0) is 13.7. The molecule has 0 aromatic carbocycles. The highest BCUT2D eigenvalue weighted by Gasteiger charge is 2.08. The molecule has 0 radical (unpaired) electrons. The molecule has 1 amide bonds. The summed E-state index contributed by atoms with van der Waals surface area (Å²) in [5, 5.41) is 8.91. The van der Waals surface area contributed by atoms with Crippen molar-refractivity contribution in [2.24, 2.45) is 0 Å². The molecule has 4 N–H and O–H groups in total. The number of nitrogens with zero attached hydrogens (tertiary/aromatic N) is 3. The van der Waals surface area contributed by atoms with Crippen molar-refractivity contribution in [3.8, 4) is 0 Å². The van der Waals surface area contributed by atoms with Gasteiger partial charge in [0.1, 0.15) is 5.52 Å². The summed E-state index contributed by atoms with van der Waals surface area (Å²) in [4.78, 5) is 26.5. The monoisotopic (exact) mass is 263 g/mol. The maximum atomic E-state index is 10.8. The lowest BCUT2D eigenvalue weighted by Gasteiger charge is -2.08. The summed E-state index contributed by atoms with van der Waals surface area (Å²) in [6.07, 6.45) is 1.58. The van der Waals surface area contributed by atoms with Gasteiger partial charge < -0.3 is 20.9 Å². The SMILES string of the molecule is CCNc1nc(NCCNC(C)=O)c2[nH]cnc2n1. The Morgan fingerprint density at radius 3 is 2.89 bits per heavy atom. The highest BCUT2D eigenvalue weighted by Crippen LogP contribution is 2.17. The van der Waals surface area contributed by atoms with Gasteiger partial charge in [0.15, 0.2) is 11.5 Å². The molecular weight excluding hydrogens is 246 g/mol. The number of H-pyrrole nitrogens is 1. The molecule has 0 saturated carbocycles. The molecule has 102 valence electrons. The first-order valence-corrected chi connectivity index (χ1v) is 6.14. The van der Waals surface area contributed by atoms with Gasteiger partial charge in [-0.15, -0.1) is 0 Å². The topological polar surface area (TPSA) is 108 Å². The molecule has 2 rings (SSSR count). The van der Waals surface area contributed by atoms with Gasteiger partial charge >= 0.3 is 0 Å². The standard InChI is InChI=1S/C11H17N7O/c1-3-12-11-17-9(14-5-4-13-7(2)19)8-10(18-11)16-6-15-8/h6H,3-5H2,1-2H3,(H,13,19)(H3,12,14,15,16,17,18). The summed E-state index contributed by atoms with van der Waals surface area (Å²) < 4.78 is 0. The molecule has 2 heterocycles. The van der Waals surface area contributed by atoms with Crippen LogP contribution < -0.4 is 16.0 Å². The van der Waals surface area contributed by atoms with Crippen molar-refractivity contribution in [3.63, 3.8) is 0 Å². The first-order valence-electron chi connectivity index (χ1n) is 6.14. The zero-order valence-corrected chi connectivity index (χ0v) is 10.9. The van der Waals surface area contributed by atoms with Gasteiger partial charge in [0.05, 0.1) is 6.33 Å². The largest absolute Gasteiger partial charge is 0.366 e. The second kappa shape index (κ2) is 5.98. The van der Waals surface area contributed by atoms with Crippen LogP contribution in [0.15, 0.2) is 6.33 Å². The lowest BCUT2D eigenvalue weighted by Crippen LogP contribution is -2.26. The Hall–Kier alpha value is -2.38. The number of nitrogens with one attached hydrogen (secondary N) is 4. The summed E-state index contributed by atoms with van der Waals surface area (Å²) in [7, 11) is 0. The number of rotatable bonds is 6. The highest BCUT2D eigenvalue weighted by atomic mass is 16.1. The molecule has 0 spiro atoms. The van der Waals surface area contributed by atoms with E-state index in [1.807, 2.05) is 6.92 Å². The molecule has 2 aromatic heterocycles. The fraction of sp³-hybridized carbons (Fsp3) is 0.455. The first-order chi connectivity index (χ1) is 9.20. The fourth-order valence-corrected chi connectivity index (χ4v) is 1.62. The van der Waals surface area contributed by atoms with Crippen LogP contribution in [0.25, 0.3) is 11.2 Å². The van der Waals surface area contributed by atoms with E-state index in [9.17, 15) is 4.79 Å². The van der Waals surface area contributed by atoms with Crippen molar-refractivity contribution in [1.29, 1.82) is 0 Å². The van der Waals surface area contributed by atoms with E-state index in [1.165, 1.54) is 6.92 Å². The Morgan fingerprint density at radius 2 is 2.16 bits per heavy atom. The van der Waals surface area contributed by atoms with Crippen LogP contribution in [0.3, 0.4) is 0 Å². The second-order valence-corrected chi connectivity index (χ2v) is 3.94. The summed E-state index contributed by atoms with van der Waals surface area (Å²) in [5.74, 6) is 1.15. The van der Waals surface area contributed by atoms with Crippen LogP contribution in [0.5, 0.6) is 0 Å². The van der Waals surface area contributed by atoms with Crippen LogP contribution in [0, 0.1) is 0 Å². The summed E-state index contributed by atoms with van der Waals surface area (Å²) in [6, 6.07) is 0. The maximum absolute atomic E-state index is 10.8. The van der Waals surface area contributed by atoms with E-state index >= 15 is 0 Å². The number of anilines is 2. The number of imidazole rings is 1. The lowest BCUT2D eigenvalue weighted by molar-refractivity contribution is -0.118. The molecule has 8 heteroatoms. The number of aromatic amines is 1. The quantitative estimate of drug-likeness (QED) is 0.559.